The van der Waals surface area contributed by atoms with Crippen molar-refractivity contribution >= 4 is 17.8 Å². The van der Waals surface area contributed by atoms with Crippen LogP contribution in [0.25, 0.3) is 11.3 Å². The van der Waals surface area contributed by atoms with Gasteiger partial charge in [-0.3, -0.25) is 14.4 Å². The number of imidazole rings is 1. The van der Waals surface area contributed by atoms with E-state index in [9.17, 15) is 14.7 Å². The van der Waals surface area contributed by atoms with Gasteiger partial charge in [0.15, 0.2) is 0 Å². The second kappa shape index (κ2) is 13.8. The van der Waals surface area contributed by atoms with Crippen LogP contribution in [0.15, 0.2) is 48.7 Å². The lowest BCUT2D eigenvalue weighted by atomic mass is 9.32. The SMILES string of the molecule is C=C(C)C1CCC2(C(=O)N3CCCC3c3ncc(-c4ccccc4)[nH]3)CCC3(C)C(CCC4C5(C)CCC(OC(=O)C6CC(C(=O)O)C6(C)C)C(C)(C)C5CCC43C)C12. The third-order valence-electron chi connectivity index (χ3n) is 20.1. The van der Waals surface area contributed by atoms with Crippen molar-refractivity contribution in [1.29, 1.82) is 0 Å². The predicted octanol–water partition coefficient (Wildman–Crippen LogP) is 11.1. The fourth-order valence-electron chi connectivity index (χ4n) is 16.5. The molecule has 8 heteroatoms. The number of rotatable bonds is 7. The standard InChI is InChI=1S/C51H71N3O5/c1-30(2)32-19-24-51(45(58)54-27-13-16-37(54)42-52-29-36(53-42)31-14-11-10-12-15-31)26-25-49(8)33(41(32)51)17-18-39-48(7)22-21-40(47(5,6)38(48)20-23-50(39,49)9)59-44(57)35-28-34(43(55)56)46(35,3)4/h10-12,14-15,29,32-35,37-41H,1,13,16-28H2,2-9H3,(H,52,53)(H,55,56). The van der Waals surface area contributed by atoms with Crippen molar-refractivity contribution in [2.75, 3.05) is 6.54 Å². The number of ether oxygens (including phenoxy) is 1. The largest absolute Gasteiger partial charge is 0.481 e. The van der Waals surface area contributed by atoms with Crippen LogP contribution in [-0.4, -0.2) is 50.5 Å². The molecule has 1 amide bonds. The number of carboxylic acid groups (broad SMARTS) is 1. The number of allylic oxidation sites excluding steroid dienone is 1. The molecule has 1 aromatic heterocycles. The van der Waals surface area contributed by atoms with Crippen molar-refractivity contribution in [3.05, 3.63) is 54.5 Å². The van der Waals surface area contributed by atoms with Crippen molar-refractivity contribution in [3.8, 4) is 11.3 Å². The first-order valence-corrected chi connectivity index (χ1v) is 23.3. The van der Waals surface area contributed by atoms with Crippen LogP contribution < -0.4 is 0 Å². The number of esters is 1. The molecule has 59 heavy (non-hydrogen) atoms. The van der Waals surface area contributed by atoms with E-state index in [-0.39, 0.29) is 51.1 Å². The molecule has 6 saturated carbocycles. The van der Waals surface area contributed by atoms with Gasteiger partial charge in [0.2, 0.25) is 5.91 Å². The molecule has 320 valence electrons. The Morgan fingerprint density at radius 1 is 0.831 bits per heavy atom. The number of amides is 1. The number of H-pyrrole nitrogens is 1. The molecule has 1 aliphatic heterocycles. The summed E-state index contributed by atoms with van der Waals surface area (Å²) in [4.78, 5) is 51.8. The van der Waals surface area contributed by atoms with E-state index >= 15 is 4.79 Å². The van der Waals surface area contributed by atoms with Crippen molar-refractivity contribution < 1.29 is 24.2 Å². The Bertz CT molecular complexity index is 2020. The third-order valence-corrected chi connectivity index (χ3v) is 20.1. The van der Waals surface area contributed by atoms with Crippen LogP contribution in [0.4, 0.5) is 0 Å². The topological polar surface area (TPSA) is 113 Å². The lowest BCUT2D eigenvalue weighted by molar-refractivity contribution is -0.251. The molecule has 2 N–H and O–H groups in total. The third kappa shape index (κ3) is 5.71. The maximum Gasteiger partial charge on any atom is 0.309 e. The monoisotopic (exact) mass is 806 g/mol. The van der Waals surface area contributed by atoms with Crippen LogP contribution in [0.2, 0.25) is 0 Å². The number of aliphatic carboxylic acids is 1. The molecule has 0 bridgehead atoms. The fourth-order valence-corrected chi connectivity index (χ4v) is 16.5. The molecule has 7 aliphatic rings. The van der Waals surface area contributed by atoms with Gasteiger partial charge in [-0.25, -0.2) is 4.98 Å². The lowest BCUT2D eigenvalue weighted by Gasteiger charge is -2.73. The van der Waals surface area contributed by atoms with Gasteiger partial charge in [0.05, 0.1) is 35.2 Å². The molecule has 2 aromatic rings. The number of likely N-dealkylation sites (tertiary alicyclic amines) is 1. The average Bonchev–Trinajstić information content (AvgIpc) is 3.95. The highest BCUT2D eigenvalue weighted by Crippen LogP contribution is 2.78. The molecular formula is C51H71N3O5. The molecule has 8 nitrogen and oxygen atoms in total. The Labute approximate surface area is 353 Å². The fraction of sp³-hybridized carbons (Fsp3) is 0.725. The second-order valence-corrected chi connectivity index (χ2v) is 22.8. The Balaban J connectivity index is 0.968. The second-order valence-electron chi connectivity index (χ2n) is 22.8. The van der Waals surface area contributed by atoms with Gasteiger partial charge in [0.25, 0.3) is 0 Å². The lowest BCUT2D eigenvalue weighted by Crippen LogP contribution is -2.67. The van der Waals surface area contributed by atoms with Gasteiger partial charge >= 0.3 is 11.9 Å². The van der Waals surface area contributed by atoms with E-state index in [0.29, 0.717) is 41.9 Å². The van der Waals surface area contributed by atoms with E-state index in [1.807, 2.05) is 26.1 Å². The molecule has 6 aliphatic carbocycles. The van der Waals surface area contributed by atoms with E-state index in [0.717, 1.165) is 94.3 Å². The molecule has 0 spiro atoms. The minimum Gasteiger partial charge on any atom is -0.481 e. The highest BCUT2D eigenvalue weighted by molar-refractivity contribution is 5.85. The minimum atomic E-state index is -0.817. The van der Waals surface area contributed by atoms with Crippen molar-refractivity contribution in [3.63, 3.8) is 0 Å². The zero-order valence-corrected chi connectivity index (χ0v) is 37.2. The summed E-state index contributed by atoms with van der Waals surface area (Å²) < 4.78 is 6.47. The molecule has 13 unspecified atom stereocenters. The zero-order chi connectivity index (χ0) is 42.1. The Hall–Kier alpha value is -3.42. The van der Waals surface area contributed by atoms with E-state index in [2.05, 4.69) is 82.3 Å². The first-order valence-electron chi connectivity index (χ1n) is 23.3. The summed E-state index contributed by atoms with van der Waals surface area (Å²) in [5.74, 6) is 1.53. The summed E-state index contributed by atoms with van der Waals surface area (Å²) in [6.45, 7) is 24.0. The molecule has 9 rings (SSSR count). The number of carboxylic acids is 1. The molecule has 7 fully saturated rings. The molecule has 1 saturated heterocycles. The van der Waals surface area contributed by atoms with E-state index < -0.39 is 17.3 Å². The van der Waals surface area contributed by atoms with E-state index in [4.69, 9.17) is 9.72 Å². The smallest absolute Gasteiger partial charge is 0.309 e. The number of aromatic amines is 1. The number of benzene rings is 1. The average molecular weight is 806 g/mol. The van der Waals surface area contributed by atoms with Crippen LogP contribution in [0.5, 0.6) is 0 Å². The maximum atomic E-state index is 15.5. The van der Waals surface area contributed by atoms with Gasteiger partial charge in [-0.15, -0.1) is 0 Å². The first kappa shape index (κ1) is 41.0. The van der Waals surface area contributed by atoms with Gasteiger partial charge in [0, 0.05) is 12.0 Å². The van der Waals surface area contributed by atoms with Gasteiger partial charge in [-0.1, -0.05) is 91.0 Å². The van der Waals surface area contributed by atoms with E-state index in [1.165, 1.54) is 12.0 Å². The normalized spacial score (nSPS) is 43.0. The molecule has 13 atom stereocenters. The van der Waals surface area contributed by atoms with Crippen molar-refractivity contribution in [2.24, 2.45) is 73.9 Å². The summed E-state index contributed by atoms with van der Waals surface area (Å²) in [6.07, 6.45) is 14.7. The van der Waals surface area contributed by atoms with Crippen molar-refractivity contribution in [2.45, 2.75) is 151 Å². The summed E-state index contributed by atoms with van der Waals surface area (Å²) in [5.41, 5.74) is 2.60. The molecule has 2 heterocycles. The Kier molecular flexibility index (Phi) is 9.58. The minimum absolute atomic E-state index is 0.0183. The van der Waals surface area contributed by atoms with Gasteiger partial charge in [0.1, 0.15) is 11.9 Å². The Morgan fingerprint density at radius 3 is 2.27 bits per heavy atom. The number of carbonyl (C=O) groups is 3. The predicted molar refractivity (Wildman–Crippen MR) is 230 cm³/mol. The van der Waals surface area contributed by atoms with Crippen LogP contribution in [0.1, 0.15) is 151 Å². The van der Waals surface area contributed by atoms with Crippen LogP contribution in [-0.2, 0) is 19.1 Å². The van der Waals surface area contributed by atoms with Crippen LogP contribution in [0, 0.1) is 73.9 Å². The number of carbonyl (C=O) groups excluding carboxylic acids is 2. The summed E-state index contributed by atoms with van der Waals surface area (Å²) in [7, 11) is 0. The highest BCUT2D eigenvalue weighted by Gasteiger charge is 2.72. The number of hydrogen-bond acceptors (Lipinski definition) is 5. The Morgan fingerprint density at radius 2 is 1.58 bits per heavy atom. The summed E-state index contributed by atoms with van der Waals surface area (Å²) >= 11 is 0. The number of fused-ring (bicyclic) bond motifs is 7. The van der Waals surface area contributed by atoms with Gasteiger partial charge < -0.3 is 19.7 Å². The maximum absolute atomic E-state index is 15.5. The zero-order valence-electron chi connectivity index (χ0n) is 37.2. The number of hydrogen-bond donors (Lipinski definition) is 2. The van der Waals surface area contributed by atoms with Gasteiger partial charge in [-0.05, 0) is 147 Å². The quantitative estimate of drug-likeness (QED) is 0.213. The number of nitrogens with one attached hydrogen (secondary N) is 1. The summed E-state index contributed by atoms with van der Waals surface area (Å²) in [6, 6.07) is 10.3. The molecular weight excluding hydrogens is 735 g/mol. The summed E-state index contributed by atoms with van der Waals surface area (Å²) in [5, 5.41) is 9.70. The van der Waals surface area contributed by atoms with Gasteiger partial charge in [-0.2, -0.15) is 0 Å². The molecule has 0 radical (unpaired) electrons. The first-order chi connectivity index (χ1) is 27.8. The van der Waals surface area contributed by atoms with Crippen molar-refractivity contribution in [1.82, 2.24) is 14.9 Å². The molecule has 1 aromatic carbocycles. The van der Waals surface area contributed by atoms with Crippen LogP contribution in [0.3, 0.4) is 0 Å². The number of aromatic nitrogens is 2. The highest BCUT2D eigenvalue weighted by atomic mass is 16.5. The van der Waals surface area contributed by atoms with E-state index in [1.54, 1.807) is 0 Å². The number of nitrogens with zero attached hydrogens (tertiary/aromatic N) is 2. The van der Waals surface area contributed by atoms with Crippen LogP contribution >= 0.6 is 0 Å².